The standard InChI is InChI=1S/C6H13NO2S.H3N/c1-10(8,9)7-5-3-2-4-6-7;/h2-6H2,1H3;1H3. The molecule has 5 heteroatoms. The molecule has 0 unspecified atom stereocenters. The van der Waals surface area contributed by atoms with E-state index in [0.717, 1.165) is 25.9 Å². The summed E-state index contributed by atoms with van der Waals surface area (Å²) in [4.78, 5) is 0. The molecule has 68 valence electrons. The molecule has 1 aliphatic rings. The third-order valence-electron chi connectivity index (χ3n) is 1.78. The third kappa shape index (κ3) is 3.18. The van der Waals surface area contributed by atoms with Crippen molar-refractivity contribution in [3.8, 4) is 0 Å². The number of hydrogen-bond acceptors (Lipinski definition) is 3. The van der Waals surface area contributed by atoms with Crippen molar-refractivity contribution in [3.63, 3.8) is 0 Å². The molecule has 0 atom stereocenters. The quantitative estimate of drug-likeness (QED) is 0.642. The van der Waals surface area contributed by atoms with Gasteiger partial charge in [0.2, 0.25) is 10.0 Å². The van der Waals surface area contributed by atoms with Gasteiger partial charge in [-0.1, -0.05) is 6.42 Å². The second-order valence-corrected chi connectivity index (χ2v) is 4.71. The lowest BCUT2D eigenvalue weighted by Crippen LogP contribution is -2.34. The highest BCUT2D eigenvalue weighted by atomic mass is 32.2. The third-order valence-corrected chi connectivity index (χ3v) is 3.09. The number of rotatable bonds is 1. The summed E-state index contributed by atoms with van der Waals surface area (Å²) in [5, 5.41) is 0. The van der Waals surface area contributed by atoms with Gasteiger partial charge in [0.15, 0.2) is 0 Å². The lowest BCUT2D eigenvalue weighted by Gasteiger charge is -2.23. The van der Waals surface area contributed by atoms with E-state index in [4.69, 9.17) is 0 Å². The van der Waals surface area contributed by atoms with Gasteiger partial charge in [-0.15, -0.1) is 0 Å². The van der Waals surface area contributed by atoms with Gasteiger partial charge in [0.1, 0.15) is 0 Å². The minimum Gasteiger partial charge on any atom is -0.344 e. The maximum atomic E-state index is 10.9. The Hall–Kier alpha value is -0.130. The Balaban J connectivity index is 0.000001000. The molecule has 3 N–H and O–H groups in total. The van der Waals surface area contributed by atoms with Crippen LogP contribution in [-0.2, 0) is 10.0 Å². The zero-order valence-corrected chi connectivity index (χ0v) is 7.73. The number of sulfonamides is 1. The first-order valence-corrected chi connectivity index (χ1v) is 5.40. The number of nitrogens with zero attached hydrogens (tertiary/aromatic N) is 1. The fourth-order valence-corrected chi connectivity index (χ4v) is 2.12. The van der Waals surface area contributed by atoms with Gasteiger partial charge in [-0.25, -0.2) is 12.7 Å². The zero-order valence-electron chi connectivity index (χ0n) is 6.91. The maximum Gasteiger partial charge on any atom is 0.211 e. The summed E-state index contributed by atoms with van der Waals surface area (Å²) in [5.74, 6) is 0. The van der Waals surface area contributed by atoms with Crippen LogP contribution in [0.1, 0.15) is 19.3 Å². The Kier molecular flexibility index (Phi) is 3.99. The monoisotopic (exact) mass is 180 g/mol. The van der Waals surface area contributed by atoms with Crippen molar-refractivity contribution >= 4 is 10.0 Å². The van der Waals surface area contributed by atoms with Crippen LogP contribution in [0.4, 0.5) is 0 Å². The zero-order chi connectivity index (χ0) is 7.61. The normalized spacial score (nSPS) is 20.8. The Morgan fingerprint density at radius 2 is 1.55 bits per heavy atom. The van der Waals surface area contributed by atoms with Crippen molar-refractivity contribution < 1.29 is 8.42 Å². The van der Waals surface area contributed by atoms with Crippen LogP contribution in [0.15, 0.2) is 0 Å². The number of hydrogen-bond donors (Lipinski definition) is 1. The Morgan fingerprint density at radius 3 is 1.82 bits per heavy atom. The molecule has 4 nitrogen and oxygen atoms in total. The van der Waals surface area contributed by atoms with E-state index in [9.17, 15) is 8.42 Å². The summed E-state index contributed by atoms with van der Waals surface area (Å²) in [6.45, 7) is 1.44. The van der Waals surface area contributed by atoms with Crippen molar-refractivity contribution in [1.29, 1.82) is 0 Å². The van der Waals surface area contributed by atoms with Crippen LogP contribution < -0.4 is 6.15 Å². The molecule has 1 rings (SSSR count). The summed E-state index contributed by atoms with van der Waals surface area (Å²) in [6.07, 6.45) is 4.49. The van der Waals surface area contributed by atoms with Gasteiger partial charge in [0.05, 0.1) is 6.26 Å². The molecule has 0 aromatic carbocycles. The molecule has 0 aliphatic carbocycles. The van der Waals surface area contributed by atoms with E-state index in [-0.39, 0.29) is 6.15 Å². The van der Waals surface area contributed by atoms with E-state index in [2.05, 4.69) is 0 Å². The van der Waals surface area contributed by atoms with Crippen LogP contribution in [-0.4, -0.2) is 32.1 Å². The maximum absolute atomic E-state index is 10.9. The van der Waals surface area contributed by atoms with E-state index in [1.165, 1.54) is 12.7 Å². The van der Waals surface area contributed by atoms with E-state index >= 15 is 0 Å². The first kappa shape index (κ1) is 10.9. The molecule has 1 saturated heterocycles. The van der Waals surface area contributed by atoms with Crippen LogP contribution >= 0.6 is 0 Å². The van der Waals surface area contributed by atoms with Crippen LogP contribution in [0.25, 0.3) is 0 Å². The predicted octanol–water partition coefficient (Wildman–Crippen LogP) is 0.594. The minimum atomic E-state index is -2.89. The first-order valence-electron chi connectivity index (χ1n) is 3.56. The molecule has 1 aliphatic heterocycles. The van der Waals surface area contributed by atoms with E-state index < -0.39 is 10.0 Å². The fourth-order valence-electron chi connectivity index (χ4n) is 1.20. The van der Waals surface area contributed by atoms with Gasteiger partial charge in [-0.05, 0) is 12.8 Å². The van der Waals surface area contributed by atoms with Gasteiger partial charge in [-0.2, -0.15) is 0 Å². The predicted molar refractivity (Wildman–Crippen MR) is 45.3 cm³/mol. The lowest BCUT2D eigenvalue weighted by atomic mass is 10.2. The number of piperidine rings is 1. The lowest BCUT2D eigenvalue weighted by molar-refractivity contribution is 0.349. The van der Waals surface area contributed by atoms with Crippen molar-refractivity contribution in [2.24, 2.45) is 0 Å². The second kappa shape index (κ2) is 4.04. The SMILES string of the molecule is CS(=O)(=O)N1CCCCC1.N. The van der Waals surface area contributed by atoms with Crippen molar-refractivity contribution in [2.45, 2.75) is 19.3 Å². The van der Waals surface area contributed by atoms with Gasteiger partial charge < -0.3 is 6.15 Å². The van der Waals surface area contributed by atoms with Crippen molar-refractivity contribution in [3.05, 3.63) is 0 Å². The van der Waals surface area contributed by atoms with E-state index in [1.807, 2.05) is 0 Å². The topological polar surface area (TPSA) is 72.4 Å². The molecule has 0 aromatic heterocycles. The smallest absolute Gasteiger partial charge is 0.211 e. The summed E-state index contributed by atoms with van der Waals surface area (Å²) in [7, 11) is -2.89. The van der Waals surface area contributed by atoms with Gasteiger partial charge in [0.25, 0.3) is 0 Å². The van der Waals surface area contributed by atoms with Crippen LogP contribution in [0.2, 0.25) is 0 Å². The highest BCUT2D eigenvalue weighted by Gasteiger charge is 2.18. The molecule has 11 heavy (non-hydrogen) atoms. The van der Waals surface area contributed by atoms with E-state index in [1.54, 1.807) is 4.31 Å². The molecule has 0 bridgehead atoms. The van der Waals surface area contributed by atoms with Crippen LogP contribution in [0, 0.1) is 0 Å². The fraction of sp³-hybridized carbons (Fsp3) is 1.00. The van der Waals surface area contributed by atoms with Gasteiger partial charge in [0, 0.05) is 13.1 Å². The average Bonchev–Trinajstić information content (AvgIpc) is 1.88. The van der Waals surface area contributed by atoms with Crippen LogP contribution in [0.3, 0.4) is 0 Å². The Morgan fingerprint density at radius 1 is 1.09 bits per heavy atom. The van der Waals surface area contributed by atoms with Gasteiger partial charge in [-0.3, -0.25) is 0 Å². The summed E-state index contributed by atoms with van der Waals surface area (Å²) in [5.41, 5.74) is 0. The molecular formula is C6H16N2O2S. The minimum absolute atomic E-state index is 0. The van der Waals surface area contributed by atoms with Crippen molar-refractivity contribution in [1.82, 2.24) is 10.5 Å². The second-order valence-electron chi connectivity index (χ2n) is 2.72. The summed E-state index contributed by atoms with van der Waals surface area (Å²) < 4.78 is 23.4. The first-order chi connectivity index (χ1) is 4.61. The average molecular weight is 180 g/mol. The molecular weight excluding hydrogens is 164 g/mol. The van der Waals surface area contributed by atoms with Crippen LogP contribution in [0.5, 0.6) is 0 Å². The molecule has 1 heterocycles. The Bertz CT molecular complexity index is 195. The molecule has 0 aromatic rings. The molecule has 0 amide bonds. The summed E-state index contributed by atoms with van der Waals surface area (Å²) in [6, 6.07) is 0. The molecule has 1 fully saturated rings. The molecule has 0 radical (unpaired) electrons. The molecule has 0 spiro atoms. The Labute approximate surface area is 68.2 Å². The largest absolute Gasteiger partial charge is 0.344 e. The summed E-state index contributed by atoms with van der Waals surface area (Å²) >= 11 is 0. The van der Waals surface area contributed by atoms with Crippen molar-refractivity contribution in [2.75, 3.05) is 19.3 Å². The van der Waals surface area contributed by atoms with E-state index in [0.29, 0.717) is 0 Å². The highest BCUT2D eigenvalue weighted by Crippen LogP contribution is 2.11. The molecule has 0 saturated carbocycles. The van der Waals surface area contributed by atoms with Gasteiger partial charge >= 0.3 is 0 Å². The highest BCUT2D eigenvalue weighted by molar-refractivity contribution is 7.88.